The van der Waals surface area contributed by atoms with Crippen LogP contribution in [-0.2, 0) is 0 Å². The molecule has 4 heteroatoms. The third kappa shape index (κ3) is 1.83. The molecule has 2 aromatic carbocycles. The number of para-hydroxylation sites is 1. The second kappa shape index (κ2) is 4.17. The van der Waals surface area contributed by atoms with Crippen molar-refractivity contribution in [2.24, 2.45) is 0 Å². The van der Waals surface area contributed by atoms with E-state index in [-0.39, 0.29) is 33.7 Å². The zero-order valence-electron chi connectivity index (χ0n) is 9.83. The Morgan fingerprint density at radius 3 is 2.42 bits per heavy atom. The van der Waals surface area contributed by atoms with Gasteiger partial charge in [0.05, 0.1) is 5.56 Å². The summed E-state index contributed by atoms with van der Waals surface area (Å²) in [5.74, 6) is 0.182. The van der Waals surface area contributed by atoms with Crippen LogP contribution in [-0.4, -0.2) is 10.2 Å². The van der Waals surface area contributed by atoms with Crippen LogP contribution in [0.5, 0.6) is 11.5 Å². The first-order chi connectivity index (χ1) is 9.16. The van der Waals surface area contributed by atoms with E-state index >= 15 is 0 Å². The number of benzene rings is 2. The van der Waals surface area contributed by atoms with Crippen LogP contribution in [0, 0.1) is 0 Å². The zero-order valence-corrected chi connectivity index (χ0v) is 9.83. The molecule has 0 saturated heterocycles. The van der Waals surface area contributed by atoms with E-state index < -0.39 is 0 Å². The Morgan fingerprint density at radius 1 is 0.895 bits per heavy atom. The maximum atomic E-state index is 12.0. The van der Waals surface area contributed by atoms with Gasteiger partial charge in [0, 0.05) is 6.07 Å². The maximum Gasteiger partial charge on any atom is 0.197 e. The molecule has 94 valence electrons. The molecule has 0 unspecified atom stereocenters. The van der Waals surface area contributed by atoms with Crippen LogP contribution in [0.2, 0.25) is 0 Å². The van der Waals surface area contributed by atoms with Crippen LogP contribution in [0.1, 0.15) is 0 Å². The maximum absolute atomic E-state index is 12.0. The second-order valence-electron chi connectivity index (χ2n) is 4.14. The molecule has 4 nitrogen and oxygen atoms in total. The summed E-state index contributed by atoms with van der Waals surface area (Å²) in [6, 6.07) is 12.5. The van der Waals surface area contributed by atoms with Crippen LogP contribution in [0.15, 0.2) is 57.7 Å². The predicted octanol–water partition coefficient (Wildman–Crippen LogP) is 2.87. The van der Waals surface area contributed by atoms with Crippen molar-refractivity contribution in [3.63, 3.8) is 0 Å². The van der Waals surface area contributed by atoms with Gasteiger partial charge in [-0.2, -0.15) is 0 Å². The van der Waals surface area contributed by atoms with Crippen molar-refractivity contribution in [2.75, 3.05) is 0 Å². The van der Waals surface area contributed by atoms with Crippen molar-refractivity contribution in [3.05, 3.63) is 58.8 Å². The molecule has 1 heterocycles. The first-order valence-corrected chi connectivity index (χ1v) is 5.71. The van der Waals surface area contributed by atoms with E-state index in [1.54, 1.807) is 30.3 Å². The molecule has 19 heavy (non-hydrogen) atoms. The molecule has 0 saturated carbocycles. The van der Waals surface area contributed by atoms with Crippen molar-refractivity contribution in [1.82, 2.24) is 0 Å². The standard InChI is InChI=1S/C15H10O4/c16-10-5-2-1-4-9(10)14-8-12(18)15-11(17)6-3-7-13(15)19-14/h1-8,16-17H. The highest BCUT2D eigenvalue weighted by atomic mass is 16.3. The van der Waals surface area contributed by atoms with Gasteiger partial charge >= 0.3 is 0 Å². The number of fused-ring (bicyclic) bond motifs is 1. The Labute approximate surface area is 108 Å². The van der Waals surface area contributed by atoms with Crippen molar-refractivity contribution in [3.8, 4) is 22.8 Å². The van der Waals surface area contributed by atoms with E-state index in [2.05, 4.69) is 0 Å². The molecule has 0 aliphatic heterocycles. The summed E-state index contributed by atoms with van der Waals surface area (Å²) in [5, 5.41) is 19.6. The number of rotatable bonds is 1. The van der Waals surface area contributed by atoms with Gasteiger partial charge < -0.3 is 14.6 Å². The molecule has 0 amide bonds. The van der Waals surface area contributed by atoms with E-state index in [0.29, 0.717) is 5.56 Å². The number of hydrogen-bond donors (Lipinski definition) is 2. The average molecular weight is 254 g/mol. The van der Waals surface area contributed by atoms with Crippen LogP contribution in [0.4, 0.5) is 0 Å². The quantitative estimate of drug-likeness (QED) is 0.700. The van der Waals surface area contributed by atoms with Gasteiger partial charge in [-0.3, -0.25) is 4.79 Å². The minimum atomic E-state index is -0.349. The molecular formula is C15H10O4. The molecule has 0 bridgehead atoms. The Bertz CT molecular complexity index is 818. The molecule has 3 rings (SSSR count). The summed E-state index contributed by atoms with van der Waals surface area (Å²) in [7, 11) is 0. The Balaban J connectivity index is 2.34. The van der Waals surface area contributed by atoms with Gasteiger partial charge in [0.1, 0.15) is 28.2 Å². The summed E-state index contributed by atoms with van der Waals surface area (Å²) in [6.07, 6.45) is 0. The van der Waals surface area contributed by atoms with E-state index in [9.17, 15) is 15.0 Å². The number of phenolic OH excluding ortho intramolecular Hbond substituents is 2. The van der Waals surface area contributed by atoms with Gasteiger partial charge in [-0.1, -0.05) is 18.2 Å². The number of aromatic hydroxyl groups is 2. The highest BCUT2D eigenvalue weighted by Gasteiger charge is 2.11. The largest absolute Gasteiger partial charge is 0.507 e. The third-order valence-electron chi connectivity index (χ3n) is 2.90. The van der Waals surface area contributed by atoms with Gasteiger partial charge in [0.25, 0.3) is 0 Å². The van der Waals surface area contributed by atoms with Crippen LogP contribution in [0.25, 0.3) is 22.3 Å². The predicted molar refractivity (Wildman–Crippen MR) is 71.2 cm³/mol. The number of phenols is 2. The molecule has 0 spiro atoms. The highest BCUT2D eigenvalue weighted by Crippen LogP contribution is 2.31. The summed E-state index contributed by atoms with van der Waals surface area (Å²) >= 11 is 0. The van der Waals surface area contributed by atoms with Crippen molar-refractivity contribution in [1.29, 1.82) is 0 Å². The molecule has 0 aliphatic carbocycles. The van der Waals surface area contributed by atoms with Crippen LogP contribution in [0.3, 0.4) is 0 Å². The molecule has 0 atom stereocenters. The van der Waals surface area contributed by atoms with E-state index in [4.69, 9.17) is 4.42 Å². The lowest BCUT2D eigenvalue weighted by molar-refractivity contribution is 0.474. The third-order valence-corrected chi connectivity index (χ3v) is 2.90. The number of hydrogen-bond acceptors (Lipinski definition) is 4. The lowest BCUT2D eigenvalue weighted by atomic mass is 10.1. The first kappa shape index (κ1) is 11.3. The summed E-state index contributed by atoms with van der Waals surface area (Å²) < 4.78 is 5.57. The van der Waals surface area contributed by atoms with Crippen molar-refractivity contribution >= 4 is 11.0 Å². The fourth-order valence-corrected chi connectivity index (χ4v) is 2.01. The summed E-state index contributed by atoms with van der Waals surface area (Å²) in [4.78, 5) is 12.0. The van der Waals surface area contributed by atoms with E-state index in [1.165, 1.54) is 18.2 Å². The smallest absolute Gasteiger partial charge is 0.197 e. The minimum Gasteiger partial charge on any atom is -0.507 e. The fourth-order valence-electron chi connectivity index (χ4n) is 2.01. The van der Waals surface area contributed by atoms with Gasteiger partial charge in [0.15, 0.2) is 5.43 Å². The Hall–Kier alpha value is -2.75. The van der Waals surface area contributed by atoms with Gasteiger partial charge in [-0.15, -0.1) is 0 Å². The average Bonchev–Trinajstić information content (AvgIpc) is 2.39. The van der Waals surface area contributed by atoms with Crippen molar-refractivity contribution < 1.29 is 14.6 Å². The van der Waals surface area contributed by atoms with Gasteiger partial charge in [-0.25, -0.2) is 0 Å². The topological polar surface area (TPSA) is 70.7 Å². The molecule has 0 fully saturated rings. The Morgan fingerprint density at radius 2 is 1.63 bits per heavy atom. The minimum absolute atomic E-state index is 0.0325. The summed E-state index contributed by atoms with van der Waals surface area (Å²) in [5.41, 5.74) is 0.369. The molecule has 0 radical (unpaired) electrons. The monoisotopic (exact) mass is 254 g/mol. The second-order valence-corrected chi connectivity index (χ2v) is 4.14. The highest BCUT2D eigenvalue weighted by molar-refractivity contribution is 5.84. The van der Waals surface area contributed by atoms with Gasteiger partial charge in [-0.05, 0) is 24.3 Å². The van der Waals surface area contributed by atoms with Gasteiger partial charge in [0.2, 0.25) is 0 Å². The lowest BCUT2D eigenvalue weighted by Crippen LogP contribution is -2.00. The molecule has 1 aromatic heterocycles. The molecular weight excluding hydrogens is 244 g/mol. The Kier molecular flexibility index (Phi) is 2.49. The molecule has 3 aromatic rings. The van der Waals surface area contributed by atoms with E-state index in [1.807, 2.05) is 0 Å². The zero-order chi connectivity index (χ0) is 13.4. The molecule has 2 N–H and O–H groups in total. The van der Waals surface area contributed by atoms with E-state index in [0.717, 1.165) is 0 Å². The van der Waals surface area contributed by atoms with Crippen LogP contribution < -0.4 is 5.43 Å². The normalized spacial score (nSPS) is 10.7. The first-order valence-electron chi connectivity index (χ1n) is 5.71. The lowest BCUT2D eigenvalue weighted by Gasteiger charge is -2.05. The summed E-state index contributed by atoms with van der Waals surface area (Å²) in [6.45, 7) is 0. The SMILES string of the molecule is O=c1cc(-c2ccccc2O)oc2cccc(O)c12. The van der Waals surface area contributed by atoms with Crippen molar-refractivity contribution in [2.45, 2.75) is 0 Å². The molecule has 0 aliphatic rings. The van der Waals surface area contributed by atoms with Crippen LogP contribution >= 0.6 is 0 Å². The fraction of sp³-hybridized carbons (Fsp3) is 0.